The van der Waals surface area contributed by atoms with Crippen LogP contribution < -0.4 is 0 Å². The number of imidazole rings is 1. The van der Waals surface area contributed by atoms with Crippen molar-refractivity contribution in [3.63, 3.8) is 0 Å². The zero-order valence-corrected chi connectivity index (χ0v) is 18.1. The first-order valence-electron chi connectivity index (χ1n) is 10.3. The predicted molar refractivity (Wildman–Crippen MR) is 119 cm³/mol. The van der Waals surface area contributed by atoms with Crippen LogP contribution in [-0.2, 0) is 11.2 Å². The monoisotopic (exact) mass is 429 g/mol. The number of nitrogens with zero attached hydrogens (tertiary/aromatic N) is 3. The van der Waals surface area contributed by atoms with E-state index >= 15 is 0 Å². The minimum atomic E-state index is -0.262. The molecule has 0 spiro atoms. The maximum absolute atomic E-state index is 13.4. The summed E-state index contributed by atoms with van der Waals surface area (Å²) in [6.45, 7) is 3.81. The summed E-state index contributed by atoms with van der Waals surface area (Å²) in [7, 11) is 0. The Bertz CT molecular complexity index is 1000. The maximum atomic E-state index is 13.4. The largest absolute Gasteiger partial charge is 0.341 e. The van der Waals surface area contributed by atoms with Crippen LogP contribution in [0.4, 0.5) is 0 Å². The molecule has 29 heavy (non-hydrogen) atoms. The third-order valence-corrected chi connectivity index (χ3v) is 6.35. The first-order valence-corrected chi connectivity index (χ1v) is 11.0. The summed E-state index contributed by atoms with van der Waals surface area (Å²) in [5.41, 5.74) is 2.72. The van der Waals surface area contributed by atoms with E-state index in [1.165, 1.54) is 0 Å². The standard InChI is InChI=1S/C23H25Cl2N3O/c1-2-8-21(23(29)27-13-5-6-14-27)28-20-12-4-3-11-19(20)26-22(28)15-16-17(24)9-7-10-18(16)25/h3-4,7,9-12,21H,2,5-6,8,13-15H2,1H3/t21-/m0/s1. The Morgan fingerprint density at radius 2 is 1.76 bits per heavy atom. The molecule has 152 valence electrons. The molecule has 4 nitrogen and oxygen atoms in total. The highest BCUT2D eigenvalue weighted by Crippen LogP contribution is 2.32. The van der Waals surface area contributed by atoms with Crippen molar-refractivity contribution in [2.75, 3.05) is 13.1 Å². The van der Waals surface area contributed by atoms with Crippen LogP contribution in [0.1, 0.15) is 50.0 Å². The van der Waals surface area contributed by atoms with Gasteiger partial charge in [0, 0.05) is 29.6 Å². The van der Waals surface area contributed by atoms with Crippen molar-refractivity contribution < 1.29 is 4.79 Å². The molecule has 0 N–H and O–H groups in total. The van der Waals surface area contributed by atoms with Crippen LogP contribution in [0, 0.1) is 0 Å². The van der Waals surface area contributed by atoms with Crippen molar-refractivity contribution >= 4 is 40.1 Å². The number of halogens is 2. The number of likely N-dealkylation sites (tertiary alicyclic amines) is 1. The highest BCUT2D eigenvalue weighted by atomic mass is 35.5. The third-order valence-electron chi connectivity index (χ3n) is 5.64. The average Bonchev–Trinajstić information content (AvgIpc) is 3.36. The molecule has 1 amide bonds. The van der Waals surface area contributed by atoms with Crippen LogP contribution in [0.3, 0.4) is 0 Å². The van der Waals surface area contributed by atoms with Gasteiger partial charge in [-0.1, -0.05) is 54.7 Å². The van der Waals surface area contributed by atoms with Gasteiger partial charge in [-0.15, -0.1) is 0 Å². The summed E-state index contributed by atoms with van der Waals surface area (Å²) in [6.07, 6.45) is 4.34. The molecule has 0 bridgehead atoms. The number of carbonyl (C=O) groups excluding carboxylic acids is 1. The van der Waals surface area contributed by atoms with Crippen molar-refractivity contribution in [1.82, 2.24) is 14.5 Å². The molecule has 4 rings (SSSR count). The SMILES string of the molecule is CCC[C@@H](C(=O)N1CCCC1)n1c(Cc2c(Cl)cccc2Cl)nc2ccccc21. The number of para-hydroxylation sites is 2. The van der Waals surface area contributed by atoms with Crippen molar-refractivity contribution in [3.8, 4) is 0 Å². The zero-order chi connectivity index (χ0) is 20.4. The summed E-state index contributed by atoms with van der Waals surface area (Å²) < 4.78 is 2.12. The Hall–Kier alpha value is -2.04. The van der Waals surface area contributed by atoms with Gasteiger partial charge in [0.1, 0.15) is 11.9 Å². The smallest absolute Gasteiger partial charge is 0.245 e. The summed E-state index contributed by atoms with van der Waals surface area (Å²) in [5.74, 6) is 1.02. The van der Waals surface area contributed by atoms with Crippen molar-refractivity contribution in [1.29, 1.82) is 0 Å². The normalized spacial score (nSPS) is 15.2. The molecule has 1 aliphatic rings. The zero-order valence-electron chi connectivity index (χ0n) is 16.6. The minimum absolute atomic E-state index is 0.194. The molecule has 2 aromatic carbocycles. The van der Waals surface area contributed by atoms with Crippen LogP contribution >= 0.6 is 23.2 Å². The number of aromatic nitrogens is 2. The van der Waals surface area contributed by atoms with E-state index in [1.807, 2.05) is 47.4 Å². The molecule has 1 atom stereocenters. The number of carbonyl (C=O) groups is 1. The molecule has 1 aliphatic heterocycles. The number of amides is 1. The molecule has 1 aromatic heterocycles. The Balaban J connectivity index is 1.82. The predicted octanol–water partition coefficient (Wildman–Crippen LogP) is 5.90. The van der Waals surface area contributed by atoms with Crippen LogP contribution in [0.2, 0.25) is 10.0 Å². The van der Waals surface area contributed by atoms with Crippen LogP contribution in [0.15, 0.2) is 42.5 Å². The fourth-order valence-corrected chi connectivity index (χ4v) is 4.74. The van der Waals surface area contributed by atoms with E-state index < -0.39 is 0 Å². The fourth-order valence-electron chi connectivity index (χ4n) is 4.21. The van der Waals surface area contributed by atoms with Crippen LogP contribution in [0.5, 0.6) is 0 Å². The Kier molecular flexibility index (Phi) is 6.12. The molecular weight excluding hydrogens is 405 g/mol. The van der Waals surface area contributed by atoms with Gasteiger partial charge in [0.2, 0.25) is 5.91 Å². The molecular formula is C23H25Cl2N3O. The lowest BCUT2D eigenvalue weighted by Gasteiger charge is -2.26. The Morgan fingerprint density at radius 3 is 2.45 bits per heavy atom. The van der Waals surface area contributed by atoms with Gasteiger partial charge in [-0.2, -0.15) is 0 Å². The highest BCUT2D eigenvalue weighted by Gasteiger charge is 2.30. The molecule has 6 heteroatoms. The number of hydrogen-bond donors (Lipinski definition) is 0. The molecule has 1 saturated heterocycles. The van der Waals surface area contributed by atoms with E-state index in [4.69, 9.17) is 28.2 Å². The van der Waals surface area contributed by atoms with Crippen LogP contribution in [0.25, 0.3) is 11.0 Å². The lowest BCUT2D eigenvalue weighted by Crippen LogP contribution is -2.36. The summed E-state index contributed by atoms with van der Waals surface area (Å²) >= 11 is 12.9. The number of fused-ring (bicyclic) bond motifs is 1. The van der Waals surface area contributed by atoms with E-state index in [1.54, 1.807) is 0 Å². The van der Waals surface area contributed by atoms with Gasteiger partial charge in [0.05, 0.1) is 11.0 Å². The van der Waals surface area contributed by atoms with E-state index in [0.29, 0.717) is 16.5 Å². The number of hydrogen-bond acceptors (Lipinski definition) is 2. The second-order valence-electron chi connectivity index (χ2n) is 7.60. The first-order chi connectivity index (χ1) is 14.1. The van der Waals surface area contributed by atoms with Crippen molar-refractivity contribution in [3.05, 3.63) is 63.9 Å². The van der Waals surface area contributed by atoms with Gasteiger partial charge in [0.25, 0.3) is 0 Å². The van der Waals surface area contributed by atoms with E-state index in [2.05, 4.69) is 11.5 Å². The summed E-state index contributed by atoms with van der Waals surface area (Å²) in [4.78, 5) is 20.3. The van der Waals surface area contributed by atoms with Gasteiger partial charge in [-0.05, 0) is 49.1 Å². The van der Waals surface area contributed by atoms with Gasteiger partial charge >= 0.3 is 0 Å². The fraction of sp³-hybridized carbons (Fsp3) is 0.391. The Labute approximate surface area is 181 Å². The topological polar surface area (TPSA) is 38.1 Å². The second-order valence-corrected chi connectivity index (χ2v) is 8.42. The number of benzene rings is 2. The van der Waals surface area contributed by atoms with Gasteiger partial charge < -0.3 is 9.47 Å². The van der Waals surface area contributed by atoms with Gasteiger partial charge in [-0.3, -0.25) is 4.79 Å². The van der Waals surface area contributed by atoms with Crippen molar-refractivity contribution in [2.24, 2.45) is 0 Å². The van der Waals surface area contributed by atoms with E-state index in [0.717, 1.165) is 61.2 Å². The molecule has 1 fully saturated rings. The third kappa shape index (κ3) is 4.01. The quantitative estimate of drug-likeness (QED) is 0.489. The molecule has 0 radical (unpaired) electrons. The average molecular weight is 430 g/mol. The highest BCUT2D eigenvalue weighted by molar-refractivity contribution is 6.36. The van der Waals surface area contributed by atoms with E-state index in [-0.39, 0.29) is 11.9 Å². The molecule has 0 unspecified atom stereocenters. The van der Waals surface area contributed by atoms with Gasteiger partial charge in [0.15, 0.2) is 0 Å². The summed E-state index contributed by atoms with van der Waals surface area (Å²) in [5, 5.41) is 1.24. The van der Waals surface area contributed by atoms with E-state index in [9.17, 15) is 4.79 Å². The Morgan fingerprint density at radius 1 is 1.07 bits per heavy atom. The minimum Gasteiger partial charge on any atom is -0.341 e. The van der Waals surface area contributed by atoms with Crippen molar-refractivity contribution in [2.45, 2.75) is 45.1 Å². The second kappa shape index (κ2) is 8.76. The molecule has 3 aromatic rings. The lowest BCUT2D eigenvalue weighted by molar-refractivity contribution is -0.133. The lowest BCUT2D eigenvalue weighted by atomic mass is 10.1. The molecule has 0 saturated carbocycles. The summed E-state index contributed by atoms with van der Waals surface area (Å²) in [6, 6.07) is 13.3. The van der Waals surface area contributed by atoms with Crippen LogP contribution in [-0.4, -0.2) is 33.4 Å². The molecule has 2 heterocycles. The van der Waals surface area contributed by atoms with Gasteiger partial charge in [-0.25, -0.2) is 4.98 Å². The number of rotatable bonds is 6. The molecule has 0 aliphatic carbocycles. The first kappa shape index (κ1) is 20.2. The maximum Gasteiger partial charge on any atom is 0.245 e.